The van der Waals surface area contributed by atoms with Gasteiger partial charge in [0.15, 0.2) is 0 Å². The summed E-state index contributed by atoms with van der Waals surface area (Å²) in [7, 11) is 0. The van der Waals surface area contributed by atoms with Crippen LogP contribution in [0, 0.1) is 0 Å². The second kappa shape index (κ2) is 4.17. The molecule has 0 unspecified atom stereocenters. The van der Waals surface area contributed by atoms with E-state index in [-0.39, 0.29) is 5.82 Å². The third kappa shape index (κ3) is 2.04. The number of hydrogen-bond donors (Lipinski definition) is 1. The number of aromatic nitrogens is 2. The summed E-state index contributed by atoms with van der Waals surface area (Å²) in [5, 5.41) is 8.82. The van der Waals surface area contributed by atoms with Crippen molar-refractivity contribution in [2.75, 3.05) is 6.54 Å². The Balaban J connectivity index is 2.28. The highest BCUT2D eigenvalue weighted by molar-refractivity contribution is 5.83. The normalized spacial score (nSPS) is 16.2. The van der Waals surface area contributed by atoms with Gasteiger partial charge in [0.1, 0.15) is 0 Å². The molecule has 0 radical (unpaired) electrons. The van der Waals surface area contributed by atoms with Gasteiger partial charge in [-0.2, -0.15) is 0 Å². The summed E-state index contributed by atoms with van der Waals surface area (Å²) in [6.45, 7) is 5.96. The third-order valence-electron chi connectivity index (χ3n) is 2.90. The Kier molecular flexibility index (Phi) is 2.87. The third-order valence-corrected chi connectivity index (χ3v) is 2.90. The molecule has 0 saturated carbocycles. The number of nitrogens with zero attached hydrogens (tertiary/aromatic N) is 3. The van der Waals surface area contributed by atoms with Crippen LogP contribution in [0.1, 0.15) is 35.7 Å². The Morgan fingerprint density at radius 2 is 2.31 bits per heavy atom. The van der Waals surface area contributed by atoms with E-state index in [1.165, 1.54) is 0 Å². The average Bonchev–Trinajstić information content (AvgIpc) is 2.27. The summed E-state index contributed by atoms with van der Waals surface area (Å²) in [5.41, 5.74) is 1.93. The maximum atomic E-state index is 10.8. The number of rotatable bonds is 2. The van der Waals surface area contributed by atoms with Crippen LogP contribution in [-0.2, 0) is 13.0 Å². The van der Waals surface area contributed by atoms with Gasteiger partial charge >= 0.3 is 5.97 Å². The number of carboxylic acids is 1. The standard InChI is InChI=1S/C11H15N3O2/c1-7(2)14-4-3-8-5-12-10(11(15)16)13-9(8)6-14/h5,7H,3-4,6H2,1-2H3,(H,15,16). The largest absolute Gasteiger partial charge is 0.475 e. The van der Waals surface area contributed by atoms with Crippen LogP contribution in [0.2, 0.25) is 0 Å². The zero-order chi connectivity index (χ0) is 11.7. The van der Waals surface area contributed by atoms with Crippen LogP contribution in [0.25, 0.3) is 0 Å². The maximum Gasteiger partial charge on any atom is 0.373 e. The molecule has 1 N–H and O–H groups in total. The molecule has 0 saturated heterocycles. The number of carboxylic acid groups (broad SMARTS) is 1. The first-order valence-corrected chi connectivity index (χ1v) is 5.40. The van der Waals surface area contributed by atoms with E-state index >= 15 is 0 Å². The second-order valence-electron chi connectivity index (χ2n) is 4.28. The Hall–Kier alpha value is -1.49. The quantitative estimate of drug-likeness (QED) is 0.805. The zero-order valence-corrected chi connectivity index (χ0v) is 9.47. The van der Waals surface area contributed by atoms with Gasteiger partial charge in [-0.3, -0.25) is 4.90 Å². The molecule has 0 aromatic carbocycles. The van der Waals surface area contributed by atoms with E-state index in [0.29, 0.717) is 6.04 Å². The number of aromatic carboxylic acids is 1. The molecule has 16 heavy (non-hydrogen) atoms. The van der Waals surface area contributed by atoms with Crippen LogP contribution >= 0.6 is 0 Å². The molecule has 86 valence electrons. The number of hydrogen-bond acceptors (Lipinski definition) is 4. The molecule has 1 aliphatic rings. The van der Waals surface area contributed by atoms with Crippen molar-refractivity contribution in [3.63, 3.8) is 0 Å². The average molecular weight is 221 g/mol. The fourth-order valence-electron chi connectivity index (χ4n) is 1.87. The maximum absolute atomic E-state index is 10.8. The van der Waals surface area contributed by atoms with Crippen molar-refractivity contribution in [3.8, 4) is 0 Å². The number of carbonyl (C=O) groups is 1. The Morgan fingerprint density at radius 1 is 1.56 bits per heavy atom. The molecular weight excluding hydrogens is 206 g/mol. The summed E-state index contributed by atoms with van der Waals surface area (Å²) >= 11 is 0. The van der Waals surface area contributed by atoms with Crippen molar-refractivity contribution < 1.29 is 9.90 Å². The van der Waals surface area contributed by atoms with Gasteiger partial charge < -0.3 is 5.11 Å². The summed E-state index contributed by atoms with van der Waals surface area (Å²) < 4.78 is 0. The minimum atomic E-state index is -1.07. The van der Waals surface area contributed by atoms with E-state index in [0.717, 1.165) is 30.8 Å². The molecule has 0 bridgehead atoms. The predicted octanol–water partition coefficient (Wildman–Crippen LogP) is 0.941. The SMILES string of the molecule is CC(C)N1CCc2cnc(C(=O)O)nc2C1. The molecule has 2 rings (SSSR count). The molecular formula is C11H15N3O2. The van der Waals surface area contributed by atoms with E-state index in [1.54, 1.807) is 6.20 Å². The molecule has 0 atom stereocenters. The molecule has 5 nitrogen and oxygen atoms in total. The van der Waals surface area contributed by atoms with E-state index < -0.39 is 5.97 Å². The molecule has 5 heteroatoms. The highest BCUT2D eigenvalue weighted by Crippen LogP contribution is 2.18. The van der Waals surface area contributed by atoms with Crippen LogP contribution in [0.3, 0.4) is 0 Å². The van der Waals surface area contributed by atoms with E-state index in [9.17, 15) is 4.79 Å². The van der Waals surface area contributed by atoms with Crippen LogP contribution in [0.15, 0.2) is 6.20 Å². The van der Waals surface area contributed by atoms with Crippen molar-refractivity contribution in [2.24, 2.45) is 0 Å². The first-order chi connectivity index (χ1) is 7.58. The van der Waals surface area contributed by atoms with E-state index in [1.807, 2.05) is 0 Å². The van der Waals surface area contributed by atoms with Crippen molar-refractivity contribution >= 4 is 5.97 Å². The minimum absolute atomic E-state index is 0.107. The van der Waals surface area contributed by atoms with Crippen molar-refractivity contribution in [2.45, 2.75) is 32.9 Å². The van der Waals surface area contributed by atoms with Crippen molar-refractivity contribution in [3.05, 3.63) is 23.3 Å². The molecule has 0 fully saturated rings. The van der Waals surface area contributed by atoms with Gasteiger partial charge in [0.2, 0.25) is 5.82 Å². The summed E-state index contributed by atoms with van der Waals surface area (Å²) in [6, 6.07) is 0.455. The van der Waals surface area contributed by atoms with Gasteiger partial charge in [-0.1, -0.05) is 0 Å². The van der Waals surface area contributed by atoms with E-state index in [4.69, 9.17) is 5.11 Å². The van der Waals surface area contributed by atoms with Crippen molar-refractivity contribution in [1.29, 1.82) is 0 Å². The molecule has 0 spiro atoms. The topological polar surface area (TPSA) is 66.3 Å². The Bertz CT molecular complexity index is 418. The van der Waals surface area contributed by atoms with Gasteiger partial charge in [0.25, 0.3) is 0 Å². The molecule has 1 aliphatic heterocycles. The summed E-state index contributed by atoms with van der Waals surface area (Å²) in [5.74, 6) is -1.17. The van der Waals surface area contributed by atoms with Gasteiger partial charge in [-0.15, -0.1) is 0 Å². The minimum Gasteiger partial charge on any atom is -0.475 e. The molecule has 1 aromatic rings. The highest BCUT2D eigenvalue weighted by atomic mass is 16.4. The first kappa shape index (κ1) is 11.0. The smallest absolute Gasteiger partial charge is 0.373 e. The Labute approximate surface area is 94.1 Å². The van der Waals surface area contributed by atoms with Gasteiger partial charge in [0, 0.05) is 25.3 Å². The van der Waals surface area contributed by atoms with E-state index in [2.05, 4.69) is 28.7 Å². The highest BCUT2D eigenvalue weighted by Gasteiger charge is 2.21. The molecule has 2 heterocycles. The van der Waals surface area contributed by atoms with Crippen LogP contribution < -0.4 is 0 Å². The second-order valence-corrected chi connectivity index (χ2v) is 4.28. The monoisotopic (exact) mass is 221 g/mol. The van der Waals surface area contributed by atoms with Crippen LogP contribution in [-0.4, -0.2) is 38.5 Å². The Morgan fingerprint density at radius 3 is 2.94 bits per heavy atom. The summed E-state index contributed by atoms with van der Waals surface area (Å²) in [4.78, 5) is 21.0. The lowest BCUT2D eigenvalue weighted by atomic mass is 10.1. The molecule has 0 aliphatic carbocycles. The van der Waals surface area contributed by atoms with Crippen LogP contribution in [0.4, 0.5) is 0 Å². The zero-order valence-electron chi connectivity index (χ0n) is 9.47. The lowest BCUT2D eigenvalue weighted by molar-refractivity contribution is 0.0682. The van der Waals surface area contributed by atoms with Gasteiger partial charge in [0.05, 0.1) is 5.69 Å². The molecule has 1 aromatic heterocycles. The lowest BCUT2D eigenvalue weighted by Crippen LogP contribution is -2.36. The number of fused-ring (bicyclic) bond motifs is 1. The summed E-state index contributed by atoms with van der Waals surface area (Å²) in [6.07, 6.45) is 2.54. The lowest BCUT2D eigenvalue weighted by Gasteiger charge is -2.30. The predicted molar refractivity (Wildman–Crippen MR) is 58.2 cm³/mol. The van der Waals surface area contributed by atoms with Crippen molar-refractivity contribution in [1.82, 2.24) is 14.9 Å². The fraction of sp³-hybridized carbons (Fsp3) is 0.545. The molecule has 0 amide bonds. The van der Waals surface area contributed by atoms with Crippen LogP contribution in [0.5, 0.6) is 0 Å². The first-order valence-electron chi connectivity index (χ1n) is 5.40. The van der Waals surface area contributed by atoms with Gasteiger partial charge in [-0.05, 0) is 25.8 Å². The fourth-order valence-corrected chi connectivity index (χ4v) is 1.87. The van der Waals surface area contributed by atoms with Gasteiger partial charge in [-0.25, -0.2) is 14.8 Å².